The van der Waals surface area contributed by atoms with Gasteiger partial charge in [0.25, 0.3) is 0 Å². The lowest BCUT2D eigenvalue weighted by atomic mass is 10.2. The van der Waals surface area contributed by atoms with Crippen LogP contribution in [0.4, 0.5) is 4.39 Å². The summed E-state index contributed by atoms with van der Waals surface area (Å²) >= 11 is 0. The minimum Gasteiger partial charge on any atom is -0.492 e. The van der Waals surface area contributed by atoms with E-state index < -0.39 is 0 Å². The highest BCUT2D eigenvalue weighted by molar-refractivity contribution is 5.22. The highest BCUT2D eigenvalue weighted by Crippen LogP contribution is 2.11. The van der Waals surface area contributed by atoms with Crippen LogP contribution in [0.15, 0.2) is 24.3 Å². The second-order valence-corrected chi connectivity index (χ2v) is 3.81. The third-order valence-electron chi connectivity index (χ3n) is 2.39. The summed E-state index contributed by atoms with van der Waals surface area (Å²) in [4.78, 5) is 0. The van der Waals surface area contributed by atoms with E-state index >= 15 is 0 Å². The minimum absolute atomic E-state index is 0.232. The van der Waals surface area contributed by atoms with Gasteiger partial charge < -0.3 is 10.1 Å². The van der Waals surface area contributed by atoms with Gasteiger partial charge in [-0.2, -0.15) is 0 Å². The summed E-state index contributed by atoms with van der Waals surface area (Å²) in [7, 11) is 0. The Bertz CT molecular complexity index is 280. The molecule has 0 aliphatic heterocycles. The molecule has 90 valence electrons. The van der Waals surface area contributed by atoms with Crippen molar-refractivity contribution in [2.75, 3.05) is 13.2 Å². The lowest BCUT2D eigenvalue weighted by Gasteiger charge is -2.17. The molecule has 0 saturated heterocycles. The Hall–Kier alpha value is -1.09. The molecule has 1 aromatic rings. The predicted molar refractivity (Wildman–Crippen MR) is 64.3 cm³/mol. The fraction of sp³-hybridized carbons (Fsp3) is 0.538. The van der Waals surface area contributed by atoms with Gasteiger partial charge in [0.15, 0.2) is 0 Å². The molecule has 0 radical (unpaired) electrons. The lowest BCUT2D eigenvalue weighted by Crippen LogP contribution is -2.34. The van der Waals surface area contributed by atoms with Crippen LogP contribution in [-0.2, 0) is 0 Å². The van der Waals surface area contributed by atoms with Gasteiger partial charge in [-0.3, -0.25) is 0 Å². The molecule has 0 aliphatic rings. The molecule has 1 atom stereocenters. The summed E-state index contributed by atoms with van der Waals surface area (Å²) < 4.78 is 18.3. The van der Waals surface area contributed by atoms with Crippen LogP contribution in [0.1, 0.15) is 26.7 Å². The summed E-state index contributed by atoms with van der Waals surface area (Å²) in [6.07, 6.45) is 2.22. The molecule has 0 aromatic heterocycles. The second-order valence-electron chi connectivity index (χ2n) is 3.81. The largest absolute Gasteiger partial charge is 0.492 e. The highest BCUT2D eigenvalue weighted by Gasteiger charge is 2.06. The summed E-state index contributed by atoms with van der Waals surface area (Å²) in [6.45, 7) is 5.81. The third kappa shape index (κ3) is 4.62. The molecule has 0 saturated carbocycles. The standard InChI is InChI=1S/C13H20FNO/c1-3-5-12(15-4-2)10-16-13-8-6-11(14)7-9-13/h6-9,12,15H,3-5,10H2,1-2H3. The summed E-state index contributed by atoms with van der Waals surface area (Å²) in [5.41, 5.74) is 0. The molecule has 1 aromatic carbocycles. The molecule has 2 nitrogen and oxygen atoms in total. The number of ether oxygens (including phenoxy) is 1. The third-order valence-corrected chi connectivity index (χ3v) is 2.39. The molecule has 0 aliphatic carbocycles. The van der Waals surface area contributed by atoms with Crippen LogP contribution in [0.2, 0.25) is 0 Å². The van der Waals surface area contributed by atoms with Crippen molar-refractivity contribution in [2.45, 2.75) is 32.7 Å². The van der Waals surface area contributed by atoms with Crippen molar-refractivity contribution in [1.29, 1.82) is 0 Å². The predicted octanol–water partition coefficient (Wildman–Crippen LogP) is 2.98. The molecule has 0 amide bonds. The van der Waals surface area contributed by atoms with Crippen molar-refractivity contribution >= 4 is 0 Å². The SMILES string of the molecule is CCCC(COc1ccc(F)cc1)NCC. The van der Waals surface area contributed by atoms with E-state index in [0.29, 0.717) is 12.6 Å². The van der Waals surface area contributed by atoms with Crippen molar-refractivity contribution < 1.29 is 9.13 Å². The highest BCUT2D eigenvalue weighted by atomic mass is 19.1. The number of hydrogen-bond donors (Lipinski definition) is 1. The molecule has 1 unspecified atom stereocenters. The van der Waals surface area contributed by atoms with E-state index in [2.05, 4.69) is 19.2 Å². The number of hydrogen-bond acceptors (Lipinski definition) is 2. The first-order valence-corrected chi connectivity index (χ1v) is 5.88. The Labute approximate surface area is 96.8 Å². The van der Waals surface area contributed by atoms with Crippen LogP contribution in [-0.4, -0.2) is 19.2 Å². The zero-order chi connectivity index (χ0) is 11.8. The molecular weight excluding hydrogens is 205 g/mol. The number of halogens is 1. The normalized spacial score (nSPS) is 12.4. The first-order valence-electron chi connectivity index (χ1n) is 5.88. The van der Waals surface area contributed by atoms with Crippen molar-refractivity contribution in [3.63, 3.8) is 0 Å². The van der Waals surface area contributed by atoms with Crippen LogP contribution in [0.5, 0.6) is 5.75 Å². The van der Waals surface area contributed by atoms with E-state index in [1.54, 1.807) is 12.1 Å². The van der Waals surface area contributed by atoms with Crippen molar-refractivity contribution in [3.8, 4) is 5.75 Å². The van der Waals surface area contributed by atoms with Gasteiger partial charge in [0, 0.05) is 6.04 Å². The van der Waals surface area contributed by atoms with Crippen molar-refractivity contribution in [2.24, 2.45) is 0 Å². The fourth-order valence-electron chi connectivity index (χ4n) is 1.61. The van der Waals surface area contributed by atoms with E-state index in [4.69, 9.17) is 4.74 Å². The first-order chi connectivity index (χ1) is 7.76. The number of rotatable bonds is 7. The lowest BCUT2D eigenvalue weighted by molar-refractivity contribution is 0.257. The van der Waals surface area contributed by atoms with Gasteiger partial charge >= 0.3 is 0 Å². The minimum atomic E-state index is -0.232. The van der Waals surface area contributed by atoms with Gasteiger partial charge in [-0.05, 0) is 37.2 Å². The van der Waals surface area contributed by atoms with E-state index in [9.17, 15) is 4.39 Å². The maximum atomic E-state index is 12.7. The zero-order valence-corrected chi connectivity index (χ0v) is 10.0. The van der Waals surface area contributed by atoms with Gasteiger partial charge in [0.05, 0.1) is 0 Å². The second kappa shape index (κ2) is 7.23. The van der Waals surface area contributed by atoms with Gasteiger partial charge in [-0.15, -0.1) is 0 Å². The monoisotopic (exact) mass is 225 g/mol. The Morgan fingerprint density at radius 3 is 2.50 bits per heavy atom. The van der Waals surface area contributed by atoms with Crippen LogP contribution in [0, 0.1) is 5.82 Å². The van der Waals surface area contributed by atoms with Crippen LogP contribution in [0.3, 0.4) is 0 Å². The molecule has 3 heteroatoms. The quantitative estimate of drug-likeness (QED) is 0.770. The van der Waals surface area contributed by atoms with E-state index in [0.717, 1.165) is 25.1 Å². The Kier molecular flexibility index (Phi) is 5.86. The van der Waals surface area contributed by atoms with Gasteiger partial charge in [-0.25, -0.2) is 4.39 Å². The van der Waals surface area contributed by atoms with Crippen LogP contribution >= 0.6 is 0 Å². The van der Waals surface area contributed by atoms with E-state index in [1.807, 2.05) is 0 Å². The molecule has 16 heavy (non-hydrogen) atoms. The topological polar surface area (TPSA) is 21.3 Å². The van der Waals surface area contributed by atoms with E-state index in [-0.39, 0.29) is 5.82 Å². The van der Waals surface area contributed by atoms with Crippen LogP contribution < -0.4 is 10.1 Å². The Morgan fingerprint density at radius 1 is 1.25 bits per heavy atom. The van der Waals surface area contributed by atoms with Gasteiger partial charge in [0.2, 0.25) is 0 Å². The molecule has 0 fully saturated rings. The van der Waals surface area contributed by atoms with E-state index in [1.165, 1.54) is 12.1 Å². The number of nitrogens with one attached hydrogen (secondary N) is 1. The molecule has 0 heterocycles. The molecule has 0 bridgehead atoms. The molecule has 0 spiro atoms. The number of likely N-dealkylation sites (N-methyl/N-ethyl adjacent to an activating group) is 1. The van der Waals surface area contributed by atoms with Crippen LogP contribution in [0.25, 0.3) is 0 Å². The van der Waals surface area contributed by atoms with Crippen molar-refractivity contribution in [3.05, 3.63) is 30.1 Å². The summed E-state index contributed by atoms with van der Waals surface area (Å²) in [6, 6.07) is 6.52. The summed E-state index contributed by atoms with van der Waals surface area (Å²) in [5, 5.41) is 3.37. The van der Waals surface area contributed by atoms with Gasteiger partial charge in [-0.1, -0.05) is 20.3 Å². The average Bonchev–Trinajstić information content (AvgIpc) is 2.29. The summed E-state index contributed by atoms with van der Waals surface area (Å²) in [5.74, 6) is 0.490. The van der Waals surface area contributed by atoms with Crippen molar-refractivity contribution in [1.82, 2.24) is 5.32 Å². The maximum absolute atomic E-state index is 12.7. The molecule has 1 N–H and O–H groups in total. The Morgan fingerprint density at radius 2 is 1.94 bits per heavy atom. The fourth-order valence-corrected chi connectivity index (χ4v) is 1.61. The Balaban J connectivity index is 2.38. The average molecular weight is 225 g/mol. The maximum Gasteiger partial charge on any atom is 0.123 e. The zero-order valence-electron chi connectivity index (χ0n) is 10.0. The molecular formula is C13H20FNO. The molecule has 1 rings (SSSR count). The van der Waals surface area contributed by atoms with Gasteiger partial charge in [0.1, 0.15) is 18.2 Å². The first kappa shape index (κ1) is 13.0. The smallest absolute Gasteiger partial charge is 0.123 e. The number of benzene rings is 1.